The van der Waals surface area contributed by atoms with Crippen LogP contribution in [0.25, 0.3) is 11.0 Å². The highest BCUT2D eigenvalue weighted by Crippen LogP contribution is 2.13. The highest BCUT2D eigenvalue weighted by molar-refractivity contribution is 6.00. The van der Waals surface area contributed by atoms with E-state index in [1.165, 1.54) is 0 Å². The molecule has 116 valence electrons. The topological polar surface area (TPSA) is 88.9 Å². The van der Waals surface area contributed by atoms with Gasteiger partial charge in [-0.05, 0) is 37.3 Å². The molecule has 0 fully saturated rings. The zero-order chi connectivity index (χ0) is 16.2. The number of hydrogen-bond acceptors (Lipinski definition) is 4. The van der Waals surface area contributed by atoms with Crippen LogP contribution in [0.15, 0.2) is 48.5 Å². The van der Waals surface area contributed by atoms with Crippen LogP contribution in [0, 0.1) is 0 Å². The molecule has 2 amide bonds. The molecule has 0 aliphatic rings. The number of carbonyl (C=O) groups is 2. The Morgan fingerprint density at radius 1 is 1.00 bits per heavy atom. The standard InChI is InChI=1S/C16H15N5O2/c1-2-21-14-9-8-12(10-13(14)17-20-21)16(23)19-18-15(22)11-6-4-3-5-7-11/h3-10H,2H2,1H3,(H,18,22)(H,19,23). The van der Waals surface area contributed by atoms with E-state index in [0.717, 1.165) is 5.52 Å². The van der Waals surface area contributed by atoms with Crippen molar-refractivity contribution < 1.29 is 9.59 Å². The fourth-order valence-electron chi connectivity index (χ4n) is 2.19. The van der Waals surface area contributed by atoms with Crippen molar-refractivity contribution in [1.82, 2.24) is 25.8 Å². The molecule has 2 aromatic carbocycles. The van der Waals surface area contributed by atoms with Gasteiger partial charge in [-0.3, -0.25) is 20.4 Å². The maximum Gasteiger partial charge on any atom is 0.269 e. The Hall–Kier alpha value is -3.22. The van der Waals surface area contributed by atoms with Crippen LogP contribution < -0.4 is 10.9 Å². The van der Waals surface area contributed by atoms with Gasteiger partial charge in [0.2, 0.25) is 0 Å². The zero-order valence-electron chi connectivity index (χ0n) is 12.5. The maximum atomic E-state index is 12.1. The first-order chi connectivity index (χ1) is 11.2. The summed E-state index contributed by atoms with van der Waals surface area (Å²) in [6.07, 6.45) is 0. The lowest BCUT2D eigenvalue weighted by Crippen LogP contribution is -2.41. The van der Waals surface area contributed by atoms with E-state index in [1.807, 2.05) is 13.0 Å². The van der Waals surface area contributed by atoms with Gasteiger partial charge in [-0.2, -0.15) is 0 Å². The summed E-state index contributed by atoms with van der Waals surface area (Å²) in [6, 6.07) is 13.7. The van der Waals surface area contributed by atoms with E-state index in [2.05, 4.69) is 21.2 Å². The maximum absolute atomic E-state index is 12.1. The lowest BCUT2D eigenvalue weighted by atomic mass is 10.2. The Bertz CT molecular complexity index is 857. The highest BCUT2D eigenvalue weighted by Gasteiger charge is 2.11. The van der Waals surface area contributed by atoms with Gasteiger partial charge < -0.3 is 0 Å². The predicted octanol–water partition coefficient (Wildman–Crippen LogP) is 1.53. The molecule has 7 nitrogen and oxygen atoms in total. The molecular formula is C16H15N5O2. The minimum atomic E-state index is -0.415. The van der Waals surface area contributed by atoms with Gasteiger partial charge in [0.05, 0.1) is 5.52 Å². The number of amides is 2. The van der Waals surface area contributed by atoms with Gasteiger partial charge in [-0.15, -0.1) is 5.10 Å². The molecule has 0 saturated heterocycles. The molecule has 7 heteroatoms. The molecular weight excluding hydrogens is 294 g/mol. The van der Waals surface area contributed by atoms with Crippen LogP contribution in [0.2, 0.25) is 0 Å². The summed E-state index contributed by atoms with van der Waals surface area (Å²) in [7, 11) is 0. The third-order valence-electron chi connectivity index (χ3n) is 3.40. The fraction of sp³-hybridized carbons (Fsp3) is 0.125. The Morgan fingerprint density at radius 3 is 2.39 bits per heavy atom. The van der Waals surface area contributed by atoms with Gasteiger partial charge in [0.1, 0.15) is 5.52 Å². The van der Waals surface area contributed by atoms with E-state index >= 15 is 0 Å². The first kappa shape index (κ1) is 14.7. The molecule has 0 saturated carbocycles. The highest BCUT2D eigenvalue weighted by atomic mass is 16.2. The van der Waals surface area contributed by atoms with Crippen molar-refractivity contribution in [3.05, 3.63) is 59.7 Å². The Morgan fingerprint density at radius 2 is 1.70 bits per heavy atom. The van der Waals surface area contributed by atoms with Crippen LogP contribution in [-0.4, -0.2) is 26.8 Å². The number of benzene rings is 2. The van der Waals surface area contributed by atoms with Crippen molar-refractivity contribution in [3.63, 3.8) is 0 Å². The molecule has 1 aromatic heterocycles. The second-order valence-electron chi connectivity index (χ2n) is 4.88. The summed E-state index contributed by atoms with van der Waals surface area (Å²) in [5.74, 6) is -0.792. The number of hydrogen-bond donors (Lipinski definition) is 2. The molecule has 3 rings (SSSR count). The number of rotatable bonds is 3. The number of aromatic nitrogens is 3. The first-order valence-corrected chi connectivity index (χ1v) is 7.18. The number of nitrogens with one attached hydrogen (secondary N) is 2. The van der Waals surface area contributed by atoms with Crippen LogP contribution in [0.5, 0.6) is 0 Å². The van der Waals surface area contributed by atoms with Crippen molar-refractivity contribution in [2.75, 3.05) is 0 Å². The van der Waals surface area contributed by atoms with Crippen LogP contribution in [0.4, 0.5) is 0 Å². The average Bonchev–Trinajstić information content (AvgIpc) is 3.02. The number of nitrogens with zero attached hydrogens (tertiary/aromatic N) is 3. The van der Waals surface area contributed by atoms with Gasteiger partial charge in [-0.1, -0.05) is 23.4 Å². The monoisotopic (exact) mass is 309 g/mol. The molecule has 23 heavy (non-hydrogen) atoms. The van der Waals surface area contributed by atoms with Crippen LogP contribution in [0.1, 0.15) is 27.6 Å². The molecule has 3 aromatic rings. The smallest absolute Gasteiger partial charge is 0.267 e. The van der Waals surface area contributed by atoms with Gasteiger partial charge >= 0.3 is 0 Å². The Kier molecular flexibility index (Phi) is 4.01. The Labute approximate surface area is 132 Å². The minimum absolute atomic E-state index is 0.378. The molecule has 0 unspecified atom stereocenters. The van der Waals surface area contributed by atoms with Crippen molar-refractivity contribution >= 4 is 22.8 Å². The van der Waals surface area contributed by atoms with Crippen LogP contribution >= 0.6 is 0 Å². The average molecular weight is 309 g/mol. The van der Waals surface area contributed by atoms with Gasteiger partial charge in [0, 0.05) is 17.7 Å². The zero-order valence-corrected chi connectivity index (χ0v) is 12.5. The van der Waals surface area contributed by atoms with E-state index in [9.17, 15) is 9.59 Å². The molecule has 0 bridgehead atoms. The lowest BCUT2D eigenvalue weighted by Gasteiger charge is -2.07. The normalized spacial score (nSPS) is 10.5. The second-order valence-corrected chi connectivity index (χ2v) is 4.88. The summed E-state index contributed by atoms with van der Waals surface area (Å²) in [4.78, 5) is 24.0. The van der Waals surface area contributed by atoms with Crippen molar-refractivity contribution in [1.29, 1.82) is 0 Å². The summed E-state index contributed by atoms with van der Waals surface area (Å²) < 4.78 is 1.74. The molecule has 2 N–H and O–H groups in total. The summed E-state index contributed by atoms with van der Waals surface area (Å²) in [5.41, 5.74) is 7.13. The fourth-order valence-corrected chi connectivity index (χ4v) is 2.19. The van der Waals surface area contributed by atoms with E-state index in [4.69, 9.17) is 0 Å². The SMILES string of the molecule is CCn1nnc2cc(C(=O)NNC(=O)c3ccccc3)ccc21. The predicted molar refractivity (Wildman–Crippen MR) is 84.6 cm³/mol. The van der Waals surface area contributed by atoms with E-state index in [-0.39, 0.29) is 5.91 Å². The largest absolute Gasteiger partial charge is 0.269 e. The number of carbonyl (C=O) groups excluding carboxylic acids is 2. The molecule has 1 heterocycles. The molecule has 0 radical (unpaired) electrons. The second kappa shape index (κ2) is 6.27. The van der Waals surface area contributed by atoms with Gasteiger partial charge in [0.15, 0.2) is 0 Å². The summed E-state index contributed by atoms with van der Waals surface area (Å²) >= 11 is 0. The quantitative estimate of drug-likeness (QED) is 0.718. The Balaban J connectivity index is 1.70. The summed E-state index contributed by atoms with van der Waals surface area (Å²) in [5, 5.41) is 8.01. The lowest BCUT2D eigenvalue weighted by molar-refractivity contribution is 0.0847. The van der Waals surface area contributed by atoms with Crippen molar-refractivity contribution in [2.45, 2.75) is 13.5 Å². The van der Waals surface area contributed by atoms with E-state index in [0.29, 0.717) is 23.2 Å². The van der Waals surface area contributed by atoms with Crippen molar-refractivity contribution in [2.24, 2.45) is 0 Å². The molecule has 0 aliphatic heterocycles. The van der Waals surface area contributed by atoms with Crippen LogP contribution in [0.3, 0.4) is 0 Å². The van der Waals surface area contributed by atoms with Gasteiger partial charge in [0.25, 0.3) is 11.8 Å². The number of fused-ring (bicyclic) bond motifs is 1. The van der Waals surface area contributed by atoms with Gasteiger partial charge in [-0.25, -0.2) is 4.68 Å². The van der Waals surface area contributed by atoms with E-state index < -0.39 is 5.91 Å². The molecule has 0 spiro atoms. The van der Waals surface area contributed by atoms with Crippen molar-refractivity contribution in [3.8, 4) is 0 Å². The van der Waals surface area contributed by atoms with Crippen LogP contribution in [-0.2, 0) is 6.54 Å². The number of hydrazine groups is 1. The summed E-state index contributed by atoms with van der Waals surface area (Å²) in [6.45, 7) is 2.67. The van der Waals surface area contributed by atoms with E-state index in [1.54, 1.807) is 47.1 Å². The third kappa shape index (κ3) is 3.03. The first-order valence-electron chi connectivity index (χ1n) is 7.18. The minimum Gasteiger partial charge on any atom is -0.267 e. The molecule has 0 atom stereocenters. The number of aryl methyl sites for hydroxylation is 1. The third-order valence-corrected chi connectivity index (χ3v) is 3.40. The molecule has 0 aliphatic carbocycles.